The topological polar surface area (TPSA) is 53.0 Å². The number of hydrogen-bond donors (Lipinski definition) is 0. The van der Waals surface area contributed by atoms with Crippen LogP contribution in [0.15, 0.2) is 84.9 Å². The molecule has 5 aromatic carbocycles. The van der Waals surface area contributed by atoms with Gasteiger partial charge < -0.3 is 23.8 Å². The van der Waals surface area contributed by atoms with Crippen molar-refractivity contribution in [2.24, 2.45) is 0 Å². The minimum Gasteiger partial charge on any atom is -0.493 e. The van der Waals surface area contributed by atoms with E-state index >= 15 is 0 Å². The Kier molecular flexibility index (Phi) is 6.75. The van der Waals surface area contributed by atoms with Crippen LogP contribution in [-0.2, 0) is 0 Å². The summed E-state index contributed by atoms with van der Waals surface area (Å²) in [6.07, 6.45) is 0. The summed E-state index contributed by atoms with van der Waals surface area (Å²) in [6.45, 7) is 0. The molecule has 0 saturated carbocycles. The molecule has 0 saturated heterocycles. The summed E-state index contributed by atoms with van der Waals surface area (Å²) in [5.74, 6) is 2.70. The van der Waals surface area contributed by atoms with Gasteiger partial charge in [0.25, 0.3) is 0 Å². The highest BCUT2D eigenvalue weighted by molar-refractivity contribution is 6.21. The van der Waals surface area contributed by atoms with E-state index in [4.69, 9.17) is 23.9 Å². The van der Waals surface area contributed by atoms with Crippen molar-refractivity contribution in [2.75, 3.05) is 47.4 Å². The molecular weight excluding hydrogens is 512 g/mol. The summed E-state index contributed by atoms with van der Waals surface area (Å²) in [7, 11) is 10.7. The van der Waals surface area contributed by atoms with Gasteiger partial charge in [0.2, 0.25) is 0 Å². The Morgan fingerprint density at radius 2 is 1.10 bits per heavy atom. The average molecular weight is 545 g/mol. The molecule has 41 heavy (non-hydrogen) atoms. The number of hydrogen-bond acceptors (Lipinski definition) is 6. The van der Waals surface area contributed by atoms with Crippen molar-refractivity contribution in [3.05, 3.63) is 84.9 Å². The van der Waals surface area contributed by atoms with Gasteiger partial charge in [0, 0.05) is 41.5 Å². The van der Waals surface area contributed by atoms with Gasteiger partial charge in [0.05, 0.1) is 39.6 Å². The molecule has 0 unspecified atom stereocenters. The van der Waals surface area contributed by atoms with E-state index in [1.54, 1.807) is 28.4 Å². The van der Waals surface area contributed by atoms with Crippen molar-refractivity contribution in [1.82, 2.24) is 4.98 Å². The molecule has 6 aromatic rings. The van der Waals surface area contributed by atoms with Crippen molar-refractivity contribution < 1.29 is 18.9 Å². The summed E-state index contributed by atoms with van der Waals surface area (Å²) in [6, 6.07) is 29.2. The Morgan fingerprint density at radius 1 is 0.512 bits per heavy atom. The van der Waals surface area contributed by atoms with Crippen LogP contribution in [0.3, 0.4) is 0 Å². The molecule has 0 atom stereocenters. The van der Waals surface area contributed by atoms with Gasteiger partial charge >= 0.3 is 0 Å². The molecule has 0 aliphatic heterocycles. The molecule has 6 heteroatoms. The number of rotatable bonds is 7. The summed E-state index contributed by atoms with van der Waals surface area (Å²) < 4.78 is 22.6. The smallest absolute Gasteiger partial charge is 0.161 e. The number of methoxy groups -OCH3 is 4. The Balaban J connectivity index is 1.74. The van der Waals surface area contributed by atoms with Crippen molar-refractivity contribution in [3.63, 3.8) is 0 Å². The van der Waals surface area contributed by atoms with E-state index in [9.17, 15) is 0 Å². The summed E-state index contributed by atoms with van der Waals surface area (Å²) in [5.41, 5.74) is 6.08. The van der Waals surface area contributed by atoms with Crippen LogP contribution in [0.5, 0.6) is 23.0 Å². The maximum Gasteiger partial charge on any atom is 0.161 e. The number of fused-ring (bicyclic) bond motifs is 5. The Hall–Kier alpha value is -4.97. The zero-order valence-electron chi connectivity index (χ0n) is 24.1. The molecule has 206 valence electrons. The largest absolute Gasteiger partial charge is 0.493 e. The summed E-state index contributed by atoms with van der Waals surface area (Å²) in [5, 5.41) is 5.22. The normalized spacial score (nSPS) is 11.2. The number of anilines is 1. The lowest BCUT2D eigenvalue weighted by atomic mass is 9.91. The van der Waals surface area contributed by atoms with Crippen LogP contribution in [0.2, 0.25) is 0 Å². The molecule has 0 spiro atoms. The number of nitrogens with zero attached hydrogens (tertiary/aromatic N) is 2. The van der Waals surface area contributed by atoms with E-state index in [0.717, 1.165) is 60.5 Å². The molecule has 0 radical (unpaired) electrons. The second-order valence-corrected chi connectivity index (χ2v) is 10.1. The fourth-order valence-corrected chi connectivity index (χ4v) is 5.54. The van der Waals surface area contributed by atoms with Gasteiger partial charge in [0.15, 0.2) is 23.0 Å². The fourth-order valence-electron chi connectivity index (χ4n) is 5.54. The first-order valence-corrected chi connectivity index (χ1v) is 13.4. The molecule has 0 amide bonds. The van der Waals surface area contributed by atoms with Crippen molar-refractivity contribution in [1.29, 1.82) is 0 Å². The highest BCUT2D eigenvalue weighted by Crippen LogP contribution is 2.44. The zero-order chi connectivity index (χ0) is 28.7. The highest BCUT2D eigenvalue weighted by atomic mass is 16.5. The average Bonchev–Trinajstić information content (AvgIpc) is 3.02. The van der Waals surface area contributed by atoms with Gasteiger partial charge in [-0.2, -0.15) is 0 Å². The Labute approximate surface area is 239 Å². The first-order chi connectivity index (χ1) is 20.0. The lowest BCUT2D eigenvalue weighted by molar-refractivity contribution is 0.355. The van der Waals surface area contributed by atoms with Crippen LogP contribution in [-0.4, -0.2) is 47.5 Å². The molecule has 6 nitrogen and oxygen atoms in total. The predicted octanol–water partition coefficient (Wildman–Crippen LogP) is 7.98. The minimum atomic E-state index is 0.660. The Morgan fingerprint density at radius 3 is 1.73 bits per heavy atom. The van der Waals surface area contributed by atoms with Crippen molar-refractivity contribution in [2.45, 2.75) is 0 Å². The maximum atomic E-state index is 5.76. The van der Waals surface area contributed by atoms with E-state index in [1.807, 2.05) is 32.3 Å². The van der Waals surface area contributed by atoms with Crippen LogP contribution in [0, 0.1) is 0 Å². The predicted molar refractivity (Wildman–Crippen MR) is 168 cm³/mol. The lowest BCUT2D eigenvalue weighted by Crippen LogP contribution is -2.08. The van der Waals surface area contributed by atoms with Crippen LogP contribution < -0.4 is 23.8 Å². The zero-order valence-corrected chi connectivity index (χ0v) is 24.1. The van der Waals surface area contributed by atoms with Gasteiger partial charge in [-0.3, -0.25) is 0 Å². The van der Waals surface area contributed by atoms with Gasteiger partial charge in [-0.25, -0.2) is 4.98 Å². The third kappa shape index (κ3) is 4.42. The minimum absolute atomic E-state index is 0.660. The van der Waals surface area contributed by atoms with Crippen LogP contribution >= 0.6 is 0 Å². The lowest BCUT2D eigenvalue weighted by Gasteiger charge is -2.18. The first-order valence-electron chi connectivity index (χ1n) is 13.4. The van der Waals surface area contributed by atoms with E-state index in [1.165, 1.54) is 0 Å². The van der Waals surface area contributed by atoms with E-state index in [0.29, 0.717) is 23.0 Å². The quantitative estimate of drug-likeness (QED) is 0.190. The van der Waals surface area contributed by atoms with Crippen LogP contribution in [0.25, 0.3) is 54.8 Å². The van der Waals surface area contributed by atoms with Crippen LogP contribution in [0.4, 0.5) is 5.69 Å². The van der Waals surface area contributed by atoms with E-state index in [-0.39, 0.29) is 0 Å². The Bertz CT molecular complexity index is 1910. The standard InChI is InChI=1S/C35H32N2O4/c1-37(2)23-14-11-21(12-15-23)34-29-20-33(41-6)32(40-5)19-27(29)28-18-26(22-13-16-30(38-3)31(17-22)39-4)24-9-7-8-10-25(24)35(28)36-34/h7-20H,1-6H3. The highest BCUT2D eigenvalue weighted by Gasteiger charge is 2.19. The third-order valence-electron chi connectivity index (χ3n) is 7.66. The van der Waals surface area contributed by atoms with Gasteiger partial charge in [0.1, 0.15) is 0 Å². The second-order valence-electron chi connectivity index (χ2n) is 10.1. The van der Waals surface area contributed by atoms with E-state index in [2.05, 4.69) is 71.6 Å². The first kappa shape index (κ1) is 26.3. The number of benzene rings is 5. The van der Waals surface area contributed by atoms with Crippen molar-refractivity contribution in [3.8, 4) is 45.4 Å². The van der Waals surface area contributed by atoms with Gasteiger partial charge in [-0.1, -0.05) is 42.5 Å². The maximum absolute atomic E-state index is 5.76. The van der Waals surface area contributed by atoms with Gasteiger partial charge in [-0.05, 0) is 64.4 Å². The molecule has 1 aromatic heterocycles. The van der Waals surface area contributed by atoms with Gasteiger partial charge in [-0.15, -0.1) is 0 Å². The number of aromatic nitrogens is 1. The molecule has 6 rings (SSSR count). The van der Waals surface area contributed by atoms with E-state index < -0.39 is 0 Å². The number of pyridine rings is 1. The third-order valence-corrected chi connectivity index (χ3v) is 7.66. The molecule has 1 heterocycles. The number of ether oxygens (including phenoxy) is 4. The molecule has 0 N–H and O–H groups in total. The summed E-state index contributed by atoms with van der Waals surface area (Å²) in [4.78, 5) is 7.44. The van der Waals surface area contributed by atoms with Crippen LogP contribution in [0.1, 0.15) is 0 Å². The summed E-state index contributed by atoms with van der Waals surface area (Å²) >= 11 is 0. The molecule has 0 aliphatic rings. The fraction of sp³-hybridized carbons (Fsp3) is 0.171. The monoisotopic (exact) mass is 544 g/mol. The molecule has 0 bridgehead atoms. The molecule has 0 fully saturated rings. The second kappa shape index (κ2) is 10.5. The SMILES string of the molecule is COc1ccc(-c2cc3c4cc(OC)c(OC)cc4c(-c4ccc(N(C)C)cc4)nc3c3ccccc23)cc1OC. The molecule has 0 aliphatic carbocycles. The van der Waals surface area contributed by atoms with Crippen molar-refractivity contribution >= 4 is 38.1 Å². The molecular formula is C35H32N2O4.